The number of nitrogens with zero attached hydrogens (tertiary/aromatic N) is 3. The average Bonchev–Trinajstić information content (AvgIpc) is 2.91. The fraction of sp³-hybridized carbons (Fsp3) is 0.500. The van der Waals surface area contributed by atoms with E-state index in [1.165, 1.54) is 32.9 Å². The SMILES string of the molecule is COC(=O)c1ccn2c(CC3CCCCN3C)ncc2c1. The average molecular weight is 287 g/mol. The van der Waals surface area contributed by atoms with Crippen molar-refractivity contribution in [1.82, 2.24) is 14.3 Å². The predicted octanol–water partition coefficient (Wildman–Crippen LogP) is 2.15. The molecular weight excluding hydrogens is 266 g/mol. The monoisotopic (exact) mass is 287 g/mol. The van der Waals surface area contributed by atoms with E-state index in [0.29, 0.717) is 11.6 Å². The number of carbonyl (C=O) groups is 1. The topological polar surface area (TPSA) is 46.8 Å². The highest BCUT2D eigenvalue weighted by molar-refractivity contribution is 5.90. The fourth-order valence-corrected chi connectivity index (χ4v) is 3.06. The molecule has 1 atom stereocenters. The van der Waals surface area contributed by atoms with Gasteiger partial charge in [0.15, 0.2) is 0 Å². The number of piperidine rings is 1. The summed E-state index contributed by atoms with van der Waals surface area (Å²) in [5, 5.41) is 0. The van der Waals surface area contributed by atoms with Crippen LogP contribution >= 0.6 is 0 Å². The minimum atomic E-state index is -0.313. The highest BCUT2D eigenvalue weighted by Crippen LogP contribution is 2.20. The van der Waals surface area contributed by atoms with Gasteiger partial charge in [-0.15, -0.1) is 0 Å². The first-order chi connectivity index (χ1) is 10.2. The zero-order valence-corrected chi connectivity index (χ0v) is 12.6. The normalized spacial score (nSPS) is 19.8. The number of likely N-dealkylation sites (tertiary alicyclic amines) is 1. The van der Waals surface area contributed by atoms with Crippen LogP contribution in [0.5, 0.6) is 0 Å². The van der Waals surface area contributed by atoms with Crippen LogP contribution in [0, 0.1) is 0 Å². The molecule has 0 radical (unpaired) electrons. The number of methoxy groups -OCH3 is 1. The van der Waals surface area contributed by atoms with Crippen molar-refractivity contribution in [3.8, 4) is 0 Å². The molecule has 0 amide bonds. The second-order valence-corrected chi connectivity index (χ2v) is 5.71. The number of carbonyl (C=O) groups excluding carboxylic acids is 1. The first-order valence-electron chi connectivity index (χ1n) is 7.43. The molecule has 5 heteroatoms. The summed E-state index contributed by atoms with van der Waals surface area (Å²) in [6.07, 6.45) is 8.49. The summed E-state index contributed by atoms with van der Waals surface area (Å²) in [5.41, 5.74) is 1.50. The lowest BCUT2D eigenvalue weighted by atomic mass is 10.00. The Hall–Kier alpha value is -1.88. The van der Waals surface area contributed by atoms with E-state index in [9.17, 15) is 4.79 Å². The molecule has 1 saturated heterocycles. The molecule has 0 spiro atoms. The van der Waals surface area contributed by atoms with E-state index in [2.05, 4.69) is 21.3 Å². The molecule has 112 valence electrons. The molecule has 0 aliphatic carbocycles. The third-order valence-corrected chi connectivity index (χ3v) is 4.37. The number of imidazole rings is 1. The Morgan fingerprint density at radius 3 is 3.10 bits per heavy atom. The molecule has 0 bridgehead atoms. The van der Waals surface area contributed by atoms with Gasteiger partial charge in [-0.2, -0.15) is 0 Å². The van der Waals surface area contributed by atoms with Gasteiger partial charge in [-0.3, -0.25) is 0 Å². The molecule has 1 aliphatic rings. The van der Waals surface area contributed by atoms with Crippen molar-refractivity contribution in [2.24, 2.45) is 0 Å². The number of fused-ring (bicyclic) bond motifs is 1. The largest absolute Gasteiger partial charge is 0.465 e. The first kappa shape index (κ1) is 14.1. The van der Waals surface area contributed by atoms with Crippen molar-refractivity contribution in [2.45, 2.75) is 31.7 Å². The van der Waals surface area contributed by atoms with Gasteiger partial charge in [-0.05, 0) is 38.6 Å². The van der Waals surface area contributed by atoms with E-state index in [0.717, 1.165) is 17.8 Å². The number of hydrogen-bond donors (Lipinski definition) is 0. The van der Waals surface area contributed by atoms with E-state index >= 15 is 0 Å². The number of rotatable bonds is 3. The summed E-state index contributed by atoms with van der Waals surface area (Å²) >= 11 is 0. The lowest BCUT2D eigenvalue weighted by molar-refractivity contribution is 0.0600. The summed E-state index contributed by atoms with van der Waals surface area (Å²) in [5.74, 6) is 0.743. The molecule has 1 aliphatic heterocycles. The molecule has 5 nitrogen and oxygen atoms in total. The number of hydrogen-bond acceptors (Lipinski definition) is 4. The zero-order chi connectivity index (χ0) is 14.8. The minimum Gasteiger partial charge on any atom is -0.465 e. The van der Waals surface area contributed by atoms with Gasteiger partial charge in [0, 0.05) is 18.7 Å². The lowest BCUT2D eigenvalue weighted by Crippen LogP contribution is -2.38. The fourth-order valence-electron chi connectivity index (χ4n) is 3.06. The Labute approximate surface area is 124 Å². The maximum Gasteiger partial charge on any atom is 0.337 e. The second-order valence-electron chi connectivity index (χ2n) is 5.71. The van der Waals surface area contributed by atoms with Crippen molar-refractivity contribution < 1.29 is 9.53 Å². The Kier molecular flexibility index (Phi) is 3.92. The van der Waals surface area contributed by atoms with Crippen molar-refractivity contribution in [3.05, 3.63) is 35.9 Å². The van der Waals surface area contributed by atoms with Crippen molar-refractivity contribution in [1.29, 1.82) is 0 Å². The van der Waals surface area contributed by atoms with Gasteiger partial charge in [0.1, 0.15) is 5.82 Å². The van der Waals surface area contributed by atoms with Gasteiger partial charge < -0.3 is 14.0 Å². The second kappa shape index (κ2) is 5.85. The lowest BCUT2D eigenvalue weighted by Gasteiger charge is -2.32. The van der Waals surface area contributed by atoms with E-state index in [1.807, 2.05) is 18.5 Å². The van der Waals surface area contributed by atoms with Crippen LogP contribution in [-0.2, 0) is 11.2 Å². The summed E-state index contributed by atoms with van der Waals surface area (Å²) in [4.78, 5) is 18.5. The predicted molar refractivity (Wildman–Crippen MR) is 80.5 cm³/mol. The van der Waals surface area contributed by atoms with E-state index in [4.69, 9.17) is 4.74 Å². The van der Waals surface area contributed by atoms with Crippen LogP contribution in [0.2, 0.25) is 0 Å². The molecule has 0 saturated carbocycles. The first-order valence-corrected chi connectivity index (χ1v) is 7.43. The molecule has 1 unspecified atom stereocenters. The van der Waals surface area contributed by atoms with Crippen LogP contribution in [0.4, 0.5) is 0 Å². The van der Waals surface area contributed by atoms with E-state index in [-0.39, 0.29) is 5.97 Å². The Bertz CT molecular complexity index is 650. The molecular formula is C16H21N3O2. The number of esters is 1. The van der Waals surface area contributed by atoms with Crippen molar-refractivity contribution in [2.75, 3.05) is 20.7 Å². The summed E-state index contributed by atoms with van der Waals surface area (Å²) in [6, 6.07) is 4.17. The molecule has 3 heterocycles. The van der Waals surface area contributed by atoms with E-state index < -0.39 is 0 Å². The van der Waals surface area contributed by atoms with Gasteiger partial charge in [0.05, 0.1) is 24.4 Å². The number of ether oxygens (including phenoxy) is 1. The summed E-state index contributed by atoms with van der Waals surface area (Å²) < 4.78 is 6.82. The Balaban J connectivity index is 1.85. The van der Waals surface area contributed by atoms with E-state index in [1.54, 1.807) is 6.07 Å². The summed E-state index contributed by atoms with van der Waals surface area (Å²) in [6.45, 7) is 1.17. The third-order valence-electron chi connectivity index (χ3n) is 4.37. The minimum absolute atomic E-state index is 0.313. The third kappa shape index (κ3) is 2.78. The molecule has 1 fully saturated rings. The van der Waals surface area contributed by atoms with Crippen LogP contribution in [0.15, 0.2) is 24.5 Å². The number of aromatic nitrogens is 2. The van der Waals surface area contributed by atoms with Gasteiger partial charge >= 0.3 is 5.97 Å². The molecule has 0 N–H and O–H groups in total. The molecule has 3 rings (SSSR count). The maximum absolute atomic E-state index is 11.6. The highest BCUT2D eigenvalue weighted by Gasteiger charge is 2.21. The van der Waals surface area contributed by atoms with Crippen LogP contribution in [0.25, 0.3) is 5.52 Å². The number of likely N-dealkylation sites (N-methyl/N-ethyl adjacent to an activating group) is 1. The number of pyridine rings is 1. The Morgan fingerprint density at radius 1 is 1.48 bits per heavy atom. The van der Waals surface area contributed by atoms with Crippen LogP contribution < -0.4 is 0 Å². The Morgan fingerprint density at radius 2 is 2.33 bits per heavy atom. The van der Waals surface area contributed by atoms with Crippen LogP contribution in [0.3, 0.4) is 0 Å². The molecule has 0 aromatic carbocycles. The molecule has 21 heavy (non-hydrogen) atoms. The van der Waals surface area contributed by atoms with Gasteiger partial charge in [0.25, 0.3) is 0 Å². The van der Waals surface area contributed by atoms with Crippen LogP contribution in [0.1, 0.15) is 35.4 Å². The van der Waals surface area contributed by atoms with Crippen molar-refractivity contribution >= 4 is 11.5 Å². The smallest absolute Gasteiger partial charge is 0.337 e. The van der Waals surface area contributed by atoms with Crippen LogP contribution in [-0.4, -0.2) is 47.0 Å². The zero-order valence-electron chi connectivity index (χ0n) is 12.6. The quantitative estimate of drug-likeness (QED) is 0.812. The highest BCUT2D eigenvalue weighted by atomic mass is 16.5. The maximum atomic E-state index is 11.6. The summed E-state index contributed by atoms with van der Waals surface area (Å²) in [7, 11) is 3.59. The van der Waals surface area contributed by atoms with Gasteiger partial charge in [0.2, 0.25) is 0 Å². The van der Waals surface area contributed by atoms with Crippen molar-refractivity contribution in [3.63, 3.8) is 0 Å². The molecule has 2 aromatic heterocycles. The molecule has 2 aromatic rings. The standard InChI is InChI=1S/C16H21N3O2/c1-18-7-4-3-5-13(18)10-15-17-11-14-9-12(16(20)21-2)6-8-19(14)15/h6,8-9,11,13H,3-5,7,10H2,1-2H3. The van der Waals surface area contributed by atoms with Gasteiger partial charge in [-0.1, -0.05) is 6.42 Å². The van der Waals surface area contributed by atoms with Gasteiger partial charge in [-0.25, -0.2) is 9.78 Å².